The van der Waals surface area contributed by atoms with Gasteiger partial charge in [-0.3, -0.25) is 9.59 Å². The number of thioether (sulfide) groups is 1. The Labute approximate surface area is 151 Å². The van der Waals surface area contributed by atoms with Crippen LogP contribution >= 0.6 is 11.8 Å². The highest BCUT2D eigenvalue weighted by molar-refractivity contribution is 8.00. The van der Waals surface area contributed by atoms with Crippen molar-refractivity contribution < 1.29 is 9.59 Å². The molecule has 0 saturated carbocycles. The summed E-state index contributed by atoms with van der Waals surface area (Å²) in [5.41, 5.74) is 7.30. The van der Waals surface area contributed by atoms with Gasteiger partial charge in [-0.05, 0) is 30.7 Å². The van der Waals surface area contributed by atoms with Crippen LogP contribution in [0.4, 0.5) is 11.4 Å². The van der Waals surface area contributed by atoms with Crippen LogP contribution in [0, 0.1) is 0 Å². The first-order chi connectivity index (χ1) is 12.1. The number of amides is 2. The van der Waals surface area contributed by atoms with Crippen LogP contribution in [-0.2, 0) is 4.79 Å². The van der Waals surface area contributed by atoms with Gasteiger partial charge >= 0.3 is 0 Å². The van der Waals surface area contributed by atoms with Crippen LogP contribution in [0.1, 0.15) is 23.7 Å². The minimum atomic E-state index is -0.513. The van der Waals surface area contributed by atoms with Crippen LogP contribution in [-0.4, -0.2) is 30.2 Å². The predicted molar refractivity (Wildman–Crippen MR) is 102 cm³/mol. The molecular formula is C19H21N3O2S. The summed E-state index contributed by atoms with van der Waals surface area (Å²) in [6.07, 6.45) is 0.933. The Morgan fingerprint density at radius 2 is 1.92 bits per heavy atom. The summed E-state index contributed by atoms with van der Waals surface area (Å²) in [5, 5.41) is 3.52. The molecular weight excluding hydrogens is 334 g/mol. The number of nitrogens with two attached hydrogens (primary N) is 1. The summed E-state index contributed by atoms with van der Waals surface area (Å²) in [7, 11) is 0. The normalized spacial score (nSPS) is 16.7. The number of para-hydroxylation sites is 2. The molecule has 1 atom stereocenters. The molecule has 1 aliphatic rings. The van der Waals surface area contributed by atoms with E-state index >= 15 is 0 Å². The third kappa shape index (κ3) is 3.96. The standard InChI is InChI=1S/C19H21N3O2S/c1-13-10-11-22(16-8-4-5-9-17(16)25-13)18(23)12-21-15-7-3-2-6-14(15)19(20)24/h2-9,13,21H,10-12H2,1H3,(H2,20,24)/t13-/m1/s1. The molecule has 25 heavy (non-hydrogen) atoms. The van der Waals surface area contributed by atoms with Crippen LogP contribution in [0.25, 0.3) is 0 Å². The first-order valence-electron chi connectivity index (χ1n) is 8.25. The van der Waals surface area contributed by atoms with Crippen molar-refractivity contribution in [3.05, 3.63) is 54.1 Å². The van der Waals surface area contributed by atoms with Crippen molar-refractivity contribution in [1.82, 2.24) is 0 Å². The second-order valence-electron chi connectivity index (χ2n) is 5.99. The van der Waals surface area contributed by atoms with Crippen molar-refractivity contribution in [2.75, 3.05) is 23.3 Å². The molecule has 2 aromatic rings. The largest absolute Gasteiger partial charge is 0.375 e. The molecule has 0 saturated heterocycles. The molecule has 0 radical (unpaired) electrons. The van der Waals surface area contributed by atoms with Gasteiger partial charge in [0, 0.05) is 22.4 Å². The average Bonchev–Trinajstić information content (AvgIpc) is 2.78. The number of primary amides is 1. The van der Waals surface area contributed by atoms with E-state index in [1.165, 1.54) is 0 Å². The maximum atomic E-state index is 12.8. The number of nitrogens with one attached hydrogen (secondary N) is 1. The number of fused-ring (bicyclic) bond motifs is 1. The monoisotopic (exact) mass is 355 g/mol. The number of rotatable bonds is 4. The molecule has 5 nitrogen and oxygen atoms in total. The van der Waals surface area contributed by atoms with Gasteiger partial charge < -0.3 is 16.0 Å². The zero-order valence-corrected chi connectivity index (χ0v) is 14.9. The summed E-state index contributed by atoms with van der Waals surface area (Å²) in [6, 6.07) is 14.9. The van der Waals surface area contributed by atoms with E-state index < -0.39 is 5.91 Å². The minimum absolute atomic E-state index is 0.0265. The molecule has 2 aromatic carbocycles. The van der Waals surface area contributed by atoms with Gasteiger partial charge in [0.15, 0.2) is 0 Å². The fourth-order valence-electron chi connectivity index (χ4n) is 2.86. The van der Waals surface area contributed by atoms with E-state index in [1.807, 2.05) is 23.1 Å². The number of carbonyl (C=O) groups excluding carboxylic acids is 2. The Morgan fingerprint density at radius 1 is 1.20 bits per heavy atom. The molecule has 2 amide bonds. The quantitative estimate of drug-likeness (QED) is 0.884. The Balaban J connectivity index is 1.77. The van der Waals surface area contributed by atoms with Gasteiger partial charge in [0.05, 0.1) is 17.8 Å². The highest BCUT2D eigenvalue weighted by Gasteiger charge is 2.24. The SMILES string of the molecule is C[C@@H]1CCN(C(=O)CNc2ccccc2C(N)=O)c2ccccc2S1. The lowest BCUT2D eigenvalue weighted by Crippen LogP contribution is -2.36. The van der Waals surface area contributed by atoms with Gasteiger partial charge in [-0.25, -0.2) is 0 Å². The van der Waals surface area contributed by atoms with E-state index in [-0.39, 0.29) is 12.5 Å². The lowest BCUT2D eigenvalue weighted by Gasteiger charge is -2.23. The second-order valence-corrected chi connectivity index (χ2v) is 7.47. The Morgan fingerprint density at radius 3 is 2.72 bits per heavy atom. The van der Waals surface area contributed by atoms with Gasteiger partial charge in [0.1, 0.15) is 0 Å². The number of carbonyl (C=O) groups is 2. The smallest absolute Gasteiger partial charge is 0.250 e. The Kier molecular flexibility index (Phi) is 5.28. The molecule has 0 aromatic heterocycles. The van der Waals surface area contributed by atoms with Crippen LogP contribution in [0.3, 0.4) is 0 Å². The average molecular weight is 355 g/mol. The van der Waals surface area contributed by atoms with E-state index in [4.69, 9.17) is 5.73 Å². The summed E-state index contributed by atoms with van der Waals surface area (Å²) in [4.78, 5) is 27.3. The fourth-order valence-corrected chi connectivity index (χ4v) is 3.98. The van der Waals surface area contributed by atoms with E-state index in [0.29, 0.717) is 23.0 Å². The lowest BCUT2D eigenvalue weighted by atomic mass is 10.1. The van der Waals surface area contributed by atoms with Crippen molar-refractivity contribution in [1.29, 1.82) is 0 Å². The molecule has 0 unspecified atom stereocenters. The number of nitrogens with zero attached hydrogens (tertiary/aromatic N) is 1. The molecule has 1 aliphatic heterocycles. The van der Waals surface area contributed by atoms with Gasteiger partial charge in [-0.1, -0.05) is 31.2 Å². The predicted octanol–water partition coefficient (Wildman–Crippen LogP) is 3.11. The van der Waals surface area contributed by atoms with Crippen LogP contribution in [0.5, 0.6) is 0 Å². The maximum absolute atomic E-state index is 12.8. The molecule has 0 bridgehead atoms. The van der Waals surface area contributed by atoms with Gasteiger partial charge in [0.25, 0.3) is 5.91 Å². The van der Waals surface area contributed by atoms with Crippen molar-refractivity contribution >= 4 is 35.0 Å². The molecule has 0 fully saturated rings. The van der Waals surface area contributed by atoms with E-state index in [2.05, 4.69) is 18.3 Å². The number of anilines is 2. The van der Waals surface area contributed by atoms with Crippen LogP contribution in [0.2, 0.25) is 0 Å². The third-order valence-electron chi connectivity index (χ3n) is 4.17. The summed E-state index contributed by atoms with van der Waals surface area (Å²) < 4.78 is 0. The molecule has 6 heteroatoms. The van der Waals surface area contributed by atoms with E-state index in [0.717, 1.165) is 17.0 Å². The van der Waals surface area contributed by atoms with Crippen LogP contribution < -0.4 is 16.0 Å². The first-order valence-corrected chi connectivity index (χ1v) is 9.13. The van der Waals surface area contributed by atoms with Crippen molar-refractivity contribution in [2.45, 2.75) is 23.5 Å². The highest BCUT2D eigenvalue weighted by Crippen LogP contribution is 2.37. The molecule has 0 aliphatic carbocycles. The Hall–Kier alpha value is -2.47. The third-order valence-corrected chi connectivity index (χ3v) is 5.40. The first kappa shape index (κ1) is 17.4. The molecule has 3 N–H and O–H groups in total. The molecule has 130 valence electrons. The number of hydrogen-bond acceptors (Lipinski definition) is 4. The van der Waals surface area contributed by atoms with Crippen molar-refractivity contribution in [3.63, 3.8) is 0 Å². The van der Waals surface area contributed by atoms with Crippen LogP contribution in [0.15, 0.2) is 53.4 Å². The van der Waals surface area contributed by atoms with E-state index in [1.54, 1.807) is 36.0 Å². The molecule has 3 rings (SSSR count). The fraction of sp³-hybridized carbons (Fsp3) is 0.263. The zero-order valence-electron chi connectivity index (χ0n) is 14.1. The highest BCUT2D eigenvalue weighted by atomic mass is 32.2. The molecule has 0 spiro atoms. The second kappa shape index (κ2) is 7.61. The zero-order chi connectivity index (χ0) is 17.8. The van der Waals surface area contributed by atoms with Crippen molar-refractivity contribution in [2.24, 2.45) is 5.73 Å². The number of hydrogen-bond donors (Lipinski definition) is 2. The lowest BCUT2D eigenvalue weighted by molar-refractivity contribution is -0.117. The minimum Gasteiger partial charge on any atom is -0.375 e. The Bertz CT molecular complexity index is 794. The number of benzene rings is 2. The van der Waals surface area contributed by atoms with E-state index in [9.17, 15) is 9.59 Å². The summed E-state index contributed by atoms with van der Waals surface area (Å²) in [5.74, 6) is -0.540. The molecule has 1 heterocycles. The topological polar surface area (TPSA) is 75.4 Å². The van der Waals surface area contributed by atoms with Crippen molar-refractivity contribution in [3.8, 4) is 0 Å². The maximum Gasteiger partial charge on any atom is 0.250 e. The van der Waals surface area contributed by atoms with Gasteiger partial charge in [-0.2, -0.15) is 0 Å². The van der Waals surface area contributed by atoms with Gasteiger partial charge in [-0.15, -0.1) is 11.8 Å². The van der Waals surface area contributed by atoms with Gasteiger partial charge in [0.2, 0.25) is 5.91 Å². The summed E-state index contributed by atoms with van der Waals surface area (Å²) in [6.45, 7) is 2.97. The summed E-state index contributed by atoms with van der Waals surface area (Å²) >= 11 is 1.80.